The van der Waals surface area contributed by atoms with E-state index in [9.17, 15) is 4.79 Å². The van der Waals surface area contributed by atoms with E-state index in [1.807, 2.05) is 0 Å². The maximum atomic E-state index is 11.7. The molecule has 0 spiro atoms. The fourth-order valence-corrected chi connectivity index (χ4v) is 4.59. The number of carbonyl (C=O) groups is 1. The monoisotopic (exact) mass is 264 g/mol. The van der Waals surface area contributed by atoms with Crippen LogP contribution in [-0.2, 0) is 14.3 Å². The highest BCUT2D eigenvalue weighted by Gasteiger charge is 2.66. The molecule has 0 unspecified atom stereocenters. The lowest BCUT2D eigenvalue weighted by Gasteiger charge is -2.49. The summed E-state index contributed by atoms with van der Waals surface area (Å²) in [6.07, 6.45) is 6.17. The lowest BCUT2D eigenvalue weighted by Crippen LogP contribution is -2.46. The molecule has 3 fully saturated rings. The summed E-state index contributed by atoms with van der Waals surface area (Å²) >= 11 is 0. The summed E-state index contributed by atoms with van der Waals surface area (Å²) in [5.41, 5.74) is 1.09. The first kappa shape index (κ1) is 13.2. The predicted molar refractivity (Wildman–Crippen MR) is 72.6 cm³/mol. The molecule has 0 amide bonds. The molecule has 19 heavy (non-hydrogen) atoms. The SMILES string of the molecule is C=C(C(=O)OC)[C@@H]1CC[C@@]2(C)CC[C@H]3O[C@@]3(C)[C@@H]2C1. The van der Waals surface area contributed by atoms with Gasteiger partial charge >= 0.3 is 5.97 Å². The van der Waals surface area contributed by atoms with Crippen LogP contribution in [0.5, 0.6) is 0 Å². The number of hydrogen-bond acceptors (Lipinski definition) is 3. The van der Waals surface area contributed by atoms with E-state index in [0.29, 0.717) is 23.0 Å². The number of methoxy groups -OCH3 is 1. The molecule has 0 bridgehead atoms. The lowest BCUT2D eigenvalue weighted by molar-refractivity contribution is -0.137. The third-order valence-corrected chi connectivity index (χ3v) is 6.01. The Balaban J connectivity index is 1.78. The molecule has 106 valence electrons. The van der Waals surface area contributed by atoms with Gasteiger partial charge in [0.25, 0.3) is 0 Å². The number of fused-ring (bicyclic) bond motifs is 3. The van der Waals surface area contributed by atoms with Crippen LogP contribution in [-0.4, -0.2) is 24.8 Å². The van der Waals surface area contributed by atoms with Crippen LogP contribution >= 0.6 is 0 Å². The van der Waals surface area contributed by atoms with Gasteiger partial charge in [-0.25, -0.2) is 4.79 Å². The Kier molecular flexibility index (Phi) is 2.83. The molecule has 0 aromatic rings. The largest absolute Gasteiger partial charge is 0.466 e. The van der Waals surface area contributed by atoms with E-state index in [1.54, 1.807) is 0 Å². The van der Waals surface area contributed by atoms with Gasteiger partial charge in [0, 0.05) is 5.57 Å². The van der Waals surface area contributed by atoms with Crippen molar-refractivity contribution in [2.45, 2.75) is 57.7 Å². The van der Waals surface area contributed by atoms with Crippen LogP contribution in [0, 0.1) is 17.3 Å². The Bertz CT molecular complexity index is 430. The highest BCUT2D eigenvalue weighted by molar-refractivity contribution is 5.88. The maximum Gasteiger partial charge on any atom is 0.333 e. The Labute approximate surface area is 115 Å². The van der Waals surface area contributed by atoms with Crippen molar-refractivity contribution in [2.75, 3.05) is 7.11 Å². The molecule has 0 N–H and O–H groups in total. The second-order valence-electron chi connectivity index (χ2n) is 7.02. The van der Waals surface area contributed by atoms with E-state index in [-0.39, 0.29) is 17.5 Å². The van der Waals surface area contributed by atoms with E-state index in [1.165, 1.54) is 26.4 Å². The summed E-state index contributed by atoms with van der Waals surface area (Å²) in [4.78, 5) is 11.7. The Morgan fingerprint density at radius 3 is 2.68 bits per heavy atom. The molecule has 2 saturated carbocycles. The van der Waals surface area contributed by atoms with Crippen molar-refractivity contribution in [1.82, 2.24) is 0 Å². The fourth-order valence-electron chi connectivity index (χ4n) is 4.59. The van der Waals surface area contributed by atoms with Crippen LogP contribution in [0.4, 0.5) is 0 Å². The number of ether oxygens (including phenoxy) is 2. The van der Waals surface area contributed by atoms with Gasteiger partial charge in [-0.05, 0) is 56.3 Å². The van der Waals surface area contributed by atoms with Gasteiger partial charge < -0.3 is 9.47 Å². The Morgan fingerprint density at radius 1 is 1.32 bits per heavy atom. The second-order valence-corrected chi connectivity index (χ2v) is 7.02. The highest BCUT2D eigenvalue weighted by Crippen LogP contribution is 2.63. The van der Waals surface area contributed by atoms with Gasteiger partial charge in [0.2, 0.25) is 0 Å². The molecular formula is C16H24O3. The van der Waals surface area contributed by atoms with E-state index < -0.39 is 0 Å². The molecule has 3 rings (SSSR count). The zero-order valence-corrected chi connectivity index (χ0v) is 12.2. The zero-order chi connectivity index (χ0) is 13.8. The summed E-state index contributed by atoms with van der Waals surface area (Å²) < 4.78 is 10.8. The average molecular weight is 264 g/mol. The minimum absolute atomic E-state index is 0.0576. The number of epoxide rings is 1. The van der Waals surface area contributed by atoms with Crippen LogP contribution < -0.4 is 0 Å². The van der Waals surface area contributed by atoms with Gasteiger partial charge in [0.1, 0.15) is 0 Å². The molecule has 3 nitrogen and oxygen atoms in total. The predicted octanol–water partition coefficient (Wildman–Crippen LogP) is 3.09. The van der Waals surface area contributed by atoms with Crippen LogP contribution in [0.15, 0.2) is 12.2 Å². The molecular weight excluding hydrogens is 240 g/mol. The molecule has 2 aliphatic carbocycles. The smallest absolute Gasteiger partial charge is 0.333 e. The van der Waals surface area contributed by atoms with Gasteiger partial charge in [0.15, 0.2) is 0 Å². The van der Waals surface area contributed by atoms with Crippen molar-refractivity contribution in [3.63, 3.8) is 0 Å². The molecule has 3 aliphatic rings. The second kappa shape index (κ2) is 4.08. The zero-order valence-electron chi connectivity index (χ0n) is 12.2. The fraction of sp³-hybridized carbons (Fsp3) is 0.812. The third-order valence-electron chi connectivity index (χ3n) is 6.01. The van der Waals surface area contributed by atoms with E-state index in [0.717, 1.165) is 12.8 Å². The number of hydrogen-bond donors (Lipinski definition) is 0. The van der Waals surface area contributed by atoms with Crippen molar-refractivity contribution in [2.24, 2.45) is 17.3 Å². The molecule has 0 aromatic carbocycles. The first-order valence-corrected chi connectivity index (χ1v) is 7.35. The summed E-state index contributed by atoms with van der Waals surface area (Å²) in [7, 11) is 1.43. The van der Waals surface area contributed by atoms with Crippen LogP contribution in [0.3, 0.4) is 0 Å². The van der Waals surface area contributed by atoms with Gasteiger partial charge in [-0.2, -0.15) is 0 Å². The van der Waals surface area contributed by atoms with Gasteiger partial charge in [-0.15, -0.1) is 0 Å². The molecule has 1 heterocycles. The quantitative estimate of drug-likeness (QED) is 0.437. The molecule has 0 radical (unpaired) electrons. The van der Waals surface area contributed by atoms with Crippen molar-refractivity contribution < 1.29 is 14.3 Å². The van der Waals surface area contributed by atoms with Gasteiger partial charge in [-0.1, -0.05) is 13.5 Å². The molecule has 5 atom stereocenters. The van der Waals surface area contributed by atoms with Gasteiger partial charge in [-0.3, -0.25) is 0 Å². The van der Waals surface area contributed by atoms with Crippen LogP contribution in [0.25, 0.3) is 0 Å². The molecule has 0 aromatic heterocycles. The number of esters is 1. The first-order chi connectivity index (χ1) is 8.90. The molecule has 3 heteroatoms. The summed E-state index contributed by atoms with van der Waals surface area (Å²) in [5.74, 6) is 0.576. The first-order valence-electron chi connectivity index (χ1n) is 7.35. The average Bonchev–Trinajstić information content (AvgIpc) is 3.08. The lowest BCUT2D eigenvalue weighted by atomic mass is 9.54. The Hall–Kier alpha value is -0.830. The summed E-state index contributed by atoms with van der Waals surface area (Å²) in [5, 5.41) is 0. The minimum atomic E-state index is -0.247. The van der Waals surface area contributed by atoms with E-state index in [4.69, 9.17) is 9.47 Å². The minimum Gasteiger partial charge on any atom is -0.466 e. The van der Waals surface area contributed by atoms with Crippen molar-refractivity contribution in [3.8, 4) is 0 Å². The maximum absolute atomic E-state index is 11.7. The molecule has 1 saturated heterocycles. The standard InChI is InChI=1S/C16H24O3/c1-10(14(17)18-4)11-5-7-15(2)8-6-13-16(3,19-13)12(15)9-11/h11-13H,1,5-9H2,2-4H3/t11-,12-,13-,15+,16+/m1/s1. The highest BCUT2D eigenvalue weighted by atomic mass is 16.6. The van der Waals surface area contributed by atoms with Gasteiger partial charge in [0.05, 0.1) is 18.8 Å². The topological polar surface area (TPSA) is 38.8 Å². The van der Waals surface area contributed by atoms with E-state index in [2.05, 4.69) is 20.4 Å². The molecule has 1 aliphatic heterocycles. The van der Waals surface area contributed by atoms with E-state index >= 15 is 0 Å². The number of carbonyl (C=O) groups excluding carboxylic acids is 1. The van der Waals surface area contributed by atoms with Crippen molar-refractivity contribution >= 4 is 5.97 Å². The van der Waals surface area contributed by atoms with Crippen LogP contribution in [0.1, 0.15) is 46.0 Å². The van der Waals surface area contributed by atoms with Crippen LogP contribution in [0.2, 0.25) is 0 Å². The summed E-state index contributed by atoms with van der Waals surface area (Å²) in [6, 6.07) is 0. The normalized spacial score (nSPS) is 47.8. The summed E-state index contributed by atoms with van der Waals surface area (Å²) in [6.45, 7) is 8.61. The third kappa shape index (κ3) is 1.85. The van der Waals surface area contributed by atoms with Crippen molar-refractivity contribution in [1.29, 1.82) is 0 Å². The Morgan fingerprint density at radius 2 is 2.00 bits per heavy atom. The van der Waals surface area contributed by atoms with Crippen molar-refractivity contribution in [3.05, 3.63) is 12.2 Å². The number of rotatable bonds is 2.